The topological polar surface area (TPSA) is 50.9 Å². The zero-order valence-electron chi connectivity index (χ0n) is 10.4. The van der Waals surface area contributed by atoms with Gasteiger partial charge < -0.3 is 9.84 Å². The minimum absolute atomic E-state index is 0.189. The third-order valence-electron chi connectivity index (χ3n) is 2.39. The number of hydrogen-bond donors (Lipinski definition) is 1. The predicted molar refractivity (Wildman–Crippen MR) is 67.8 cm³/mol. The van der Waals surface area contributed by atoms with Crippen molar-refractivity contribution in [3.63, 3.8) is 0 Å². The van der Waals surface area contributed by atoms with Crippen molar-refractivity contribution in [1.82, 2.24) is 0 Å². The molecule has 0 saturated carbocycles. The van der Waals surface area contributed by atoms with E-state index in [1.54, 1.807) is 0 Å². The fourth-order valence-electron chi connectivity index (χ4n) is 1.36. The summed E-state index contributed by atoms with van der Waals surface area (Å²) in [6, 6.07) is 7.90. The number of aliphatic hydroxyl groups is 1. The molecule has 0 atom stereocenters. The van der Waals surface area contributed by atoms with E-state index >= 15 is 0 Å². The van der Waals surface area contributed by atoms with Crippen molar-refractivity contribution in [2.45, 2.75) is 20.3 Å². The molecule has 1 aromatic rings. The molecule has 0 radical (unpaired) electrons. The number of hydrogen-bond acceptors (Lipinski definition) is 3. The summed E-state index contributed by atoms with van der Waals surface area (Å²) in [6.45, 7) is 10.2. The van der Waals surface area contributed by atoms with Crippen LogP contribution in [0.1, 0.15) is 18.1 Å². The lowest BCUT2D eigenvalue weighted by Crippen LogP contribution is -2.10. The van der Waals surface area contributed by atoms with Gasteiger partial charge in [-0.05, 0) is 19.4 Å². The minimum Gasteiger partial charge on any atom is -0.523 e. The zero-order chi connectivity index (χ0) is 13.5. The van der Waals surface area contributed by atoms with E-state index in [1.807, 2.05) is 31.2 Å². The van der Waals surface area contributed by atoms with E-state index in [-0.39, 0.29) is 18.1 Å². The van der Waals surface area contributed by atoms with Gasteiger partial charge in [0.15, 0.2) is 0 Å². The molecule has 1 rings (SSSR count). The number of rotatable bonds is 4. The maximum atomic E-state index is 11.4. The Morgan fingerprint density at radius 3 is 2.50 bits per heavy atom. The number of aryl methyl sites for hydroxylation is 1. The number of nitrogens with zero attached hydrogens (tertiary/aromatic N) is 1. The molecule has 1 aromatic carbocycles. The molecule has 0 aromatic heterocycles. The zero-order valence-corrected chi connectivity index (χ0v) is 10.4. The normalized spacial score (nSPS) is 11.4. The first-order valence-electron chi connectivity index (χ1n) is 5.54. The minimum atomic E-state index is -0.780. The third kappa shape index (κ3) is 3.95. The van der Waals surface area contributed by atoms with Crippen LogP contribution in [0.3, 0.4) is 0 Å². The summed E-state index contributed by atoms with van der Waals surface area (Å²) >= 11 is 0. The molecule has 0 aliphatic carbocycles. The number of carbonyl (C=O) groups excluding carboxylic acids is 1. The quantitative estimate of drug-likeness (QED) is 0.384. The molecule has 0 spiro atoms. The number of allylic oxidation sites excluding steroid dienone is 1. The second kappa shape index (κ2) is 6.45. The molecule has 0 heterocycles. The Morgan fingerprint density at radius 1 is 1.39 bits per heavy atom. The average molecular weight is 245 g/mol. The summed E-state index contributed by atoms with van der Waals surface area (Å²) in [4.78, 5) is 14.3. The largest absolute Gasteiger partial charge is 0.523 e. The monoisotopic (exact) mass is 245 g/mol. The Bertz CT molecular complexity index is 491. The van der Waals surface area contributed by atoms with E-state index in [0.29, 0.717) is 6.42 Å². The summed E-state index contributed by atoms with van der Waals surface area (Å²) in [5.41, 5.74) is 1.87. The van der Waals surface area contributed by atoms with Gasteiger partial charge in [0.25, 0.3) is 0 Å². The van der Waals surface area contributed by atoms with Crippen molar-refractivity contribution in [3.05, 3.63) is 58.3 Å². The number of aliphatic hydroxyl groups excluding tert-OH is 1. The SMILES string of the molecule is [C-]#[N+]/C(C(=O)OCCc1ccc(C)cc1)=C(\C)O. The van der Waals surface area contributed by atoms with E-state index in [0.717, 1.165) is 5.56 Å². The van der Waals surface area contributed by atoms with Crippen LogP contribution in [-0.4, -0.2) is 17.7 Å². The summed E-state index contributed by atoms with van der Waals surface area (Å²) in [7, 11) is 0. The van der Waals surface area contributed by atoms with Crippen molar-refractivity contribution < 1.29 is 14.6 Å². The van der Waals surface area contributed by atoms with Gasteiger partial charge >= 0.3 is 11.7 Å². The molecule has 1 N–H and O–H groups in total. The van der Waals surface area contributed by atoms with Gasteiger partial charge in [-0.2, -0.15) is 0 Å². The van der Waals surface area contributed by atoms with Gasteiger partial charge in [0, 0.05) is 6.42 Å². The molecule has 0 unspecified atom stereocenters. The van der Waals surface area contributed by atoms with Crippen LogP contribution in [0.2, 0.25) is 0 Å². The van der Waals surface area contributed by atoms with Crippen LogP contribution in [-0.2, 0) is 16.0 Å². The number of carbonyl (C=O) groups is 1. The van der Waals surface area contributed by atoms with Gasteiger partial charge in [0.2, 0.25) is 0 Å². The fraction of sp³-hybridized carbons (Fsp3) is 0.286. The smallest absolute Gasteiger partial charge is 0.339 e. The summed E-state index contributed by atoms with van der Waals surface area (Å²) in [5, 5.41) is 9.09. The van der Waals surface area contributed by atoms with Crippen LogP contribution in [0.5, 0.6) is 0 Å². The Labute approximate surface area is 106 Å². The molecule has 4 heteroatoms. The molecule has 94 valence electrons. The van der Waals surface area contributed by atoms with E-state index in [4.69, 9.17) is 16.4 Å². The molecule has 0 aliphatic heterocycles. The average Bonchev–Trinajstić information content (AvgIpc) is 2.32. The fourth-order valence-corrected chi connectivity index (χ4v) is 1.36. The van der Waals surface area contributed by atoms with Crippen LogP contribution in [0.15, 0.2) is 35.7 Å². The standard InChI is InChI=1S/C14H15NO3/c1-10-4-6-12(7-5-10)8-9-18-14(17)13(15-3)11(2)16/h4-7,16H,8-9H2,1-2H3/b13-11+. The highest BCUT2D eigenvalue weighted by Crippen LogP contribution is 2.07. The van der Waals surface area contributed by atoms with Crippen LogP contribution < -0.4 is 0 Å². The van der Waals surface area contributed by atoms with Crippen LogP contribution in [0, 0.1) is 13.5 Å². The van der Waals surface area contributed by atoms with Gasteiger partial charge in [-0.1, -0.05) is 29.8 Å². The van der Waals surface area contributed by atoms with Gasteiger partial charge in [0.1, 0.15) is 5.76 Å². The lowest BCUT2D eigenvalue weighted by Gasteiger charge is -2.05. The Morgan fingerprint density at radius 2 is 2.00 bits per heavy atom. The molecular weight excluding hydrogens is 230 g/mol. The molecular formula is C14H15NO3. The molecule has 4 nitrogen and oxygen atoms in total. The Kier molecular flexibility index (Phi) is 4.94. The lowest BCUT2D eigenvalue weighted by atomic mass is 10.1. The summed E-state index contributed by atoms with van der Waals surface area (Å²) in [6.07, 6.45) is 0.585. The van der Waals surface area contributed by atoms with Crippen molar-refractivity contribution in [1.29, 1.82) is 0 Å². The van der Waals surface area contributed by atoms with Gasteiger partial charge in [0.05, 0.1) is 13.2 Å². The summed E-state index contributed by atoms with van der Waals surface area (Å²) < 4.78 is 4.92. The number of ether oxygens (including phenoxy) is 1. The molecule has 0 aliphatic rings. The predicted octanol–water partition coefficient (Wildman–Crippen LogP) is 2.79. The maximum Gasteiger partial charge on any atom is 0.339 e. The first-order chi connectivity index (χ1) is 8.54. The number of benzene rings is 1. The molecule has 0 fully saturated rings. The Hall–Kier alpha value is -2.28. The van der Waals surface area contributed by atoms with Crippen molar-refractivity contribution in [2.75, 3.05) is 6.61 Å². The molecule has 0 bridgehead atoms. The van der Waals surface area contributed by atoms with Crippen LogP contribution in [0.25, 0.3) is 4.85 Å². The second-order valence-corrected chi connectivity index (χ2v) is 3.92. The van der Waals surface area contributed by atoms with E-state index < -0.39 is 5.97 Å². The van der Waals surface area contributed by atoms with E-state index in [2.05, 4.69) is 4.85 Å². The highest BCUT2D eigenvalue weighted by atomic mass is 16.5. The van der Waals surface area contributed by atoms with Crippen LogP contribution in [0.4, 0.5) is 0 Å². The Balaban J connectivity index is 2.48. The van der Waals surface area contributed by atoms with Gasteiger partial charge in [-0.15, -0.1) is 0 Å². The molecule has 0 saturated heterocycles. The van der Waals surface area contributed by atoms with Crippen molar-refractivity contribution in [2.24, 2.45) is 0 Å². The third-order valence-corrected chi connectivity index (χ3v) is 2.39. The van der Waals surface area contributed by atoms with Gasteiger partial charge in [-0.3, -0.25) is 4.79 Å². The second-order valence-electron chi connectivity index (χ2n) is 3.92. The van der Waals surface area contributed by atoms with Crippen LogP contribution >= 0.6 is 0 Å². The number of esters is 1. The summed E-state index contributed by atoms with van der Waals surface area (Å²) in [5.74, 6) is -1.09. The maximum absolute atomic E-state index is 11.4. The van der Waals surface area contributed by atoms with Gasteiger partial charge in [-0.25, -0.2) is 4.85 Å². The highest BCUT2D eigenvalue weighted by molar-refractivity contribution is 5.90. The molecule has 18 heavy (non-hydrogen) atoms. The van der Waals surface area contributed by atoms with E-state index in [9.17, 15) is 4.79 Å². The van der Waals surface area contributed by atoms with Crippen molar-refractivity contribution >= 4 is 5.97 Å². The van der Waals surface area contributed by atoms with Crippen molar-refractivity contribution in [3.8, 4) is 0 Å². The molecule has 0 amide bonds. The first kappa shape index (κ1) is 13.8. The van der Waals surface area contributed by atoms with E-state index in [1.165, 1.54) is 12.5 Å². The first-order valence-corrected chi connectivity index (χ1v) is 5.54. The highest BCUT2D eigenvalue weighted by Gasteiger charge is 2.14. The lowest BCUT2D eigenvalue weighted by molar-refractivity contribution is -0.138.